The predicted molar refractivity (Wildman–Crippen MR) is 198 cm³/mol. The number of carbonyl (C=O) groups excluding carboxylic acids is 3. The van der Waals surface area contributed by atoms with E-state index in [-0.39, 0.29) is 48.4 Å². The number of aromatic hydroxyl groups is 1. The minimum absolute atomic E-state index is 0.00762. The van der Waals surface area contributed by atoms with Crippen molar-refractivity contribution >= 4 is 17.7 Å². The molecule has 9 heteroatoms. The molecule has 1 aliphatic carbocycles. The summed E-state index contributed by atoms with van der Waals surface area (Å²) < 4.78 is 11.9. The van der Waals surface area contributed by atoms with Crippen LogP contribution in [0.25, 0.3) is 0 Å². The first-order valence-electron chi connectivity index (χ1n) is 18.7. The number of ketones is 1. The third-order valence-electron chi connectivity index (χ3n) is 11.6. The molecule has 4 aliphatic rings. The van der Waals surface area contributed by atoms with E-state index in [2.05, 4.69) is 29.3 Å². The summed E-state index contributed by atoms with van der Waals surface area (Å²) in [5.74, 6) is 4.20. The molecule has 0 saturated heterocycles. The molecule has 0 spiro atoms. The van der Waals surface area contributed by atoms with Crippen LogP contribution in [0.3, 0.4) is 0 Å². The lowest BCUT2D eigenvalue weighted by atomic mass is 9.68. The van der Waals surface area contributed by atoms with Crippen LogP contribution in [0.2, 0.25) is 0 Å². The fourth-order valence-corrected chi connectivity index (χ4v) is 8.43. The van der Waals surface area contributed by atoms with E-state index in [0.717, 1.165) is 16.7 Å². The molecule has 7 atom stereocenters. The maximum atomic E-state index is 14.5. The van der Waals surface area contributed by atoms with Gasteiger partial charge in [0.15, 0.2) is 0 Å². The van der Waals surface area contributed by atoms with E-state index in [1.165, 1.54) is 6.07 Å². The fraction of sp³-hybridized carbons (Fsp3) is 0.432. The van der Waals surface area contributed by atoms with Gasteiger partial charge in [-0.25, -0.2) is 4.79 Å². The van der Waals surface area contributed by atoms with Gasteiger partial charge in [0.1, 0.15) is 29.0 Å². The first-order valence-corrected chi connectivity index (χ1v) is 18.7. The maximum absolute atomic E-state index is 14.5. The molecule has 3 aliphatic heterocycles. The average molecular weight is 718 g/mol. The Hall–Kier alpha value is -4.75. The summed E-state index contributed by atoms with van der Waals surface area (Å²) in [4.78, 5) is 40.6. The molecular formula is C44H47NO8. The van der Waals surface area contributed by atoms with Crippen molar-refractivity contribution < 1.29 is 39.2 Å². The summed E-state index contributed by atoms with van der Waals surface area (Å²) in [5, 5.41) is 37.6. The zero-order valence-corrected chi connectivity index (χ0v) is 30.3. The van der Waals surface area contributed by atoms with Gasteiger partial charge in [-0.05, 0) is 92.3 Å². The third kappa shape index (κ3) is 7.96. The number of hydrogen-bond donors (Lipinski definition) is 4. The van der Waals surface area contributed by atoms with Gasteiger partial charge in [-0.15, -0.1) is 0 Å². The second kappa shape index (κ2) is 15.3. The highest BCUT2D eigenvalue weighted by Crippen LogP contribution is 2.43. The number of aryl methyl sites for hydroxylation is 1. The van der Waals surface area contributed by atoms with Crippen molar-refractivity contribution in [3.63, 3.8) is 0 Å². The highest BCUT2D eigenvalue weighted by Gasteiger charge is 2.46. The summed E-state index contributed by atoms with van der Waals surface area (Å²) in [6.45, 7) is 2.03. The Morgan fingerprint density at radius 3 is 2.57 bits per heavy atom. The van der Waals surface area contributed by atoms with E-state index in [0.29, 0.717) is 67.3 Å². The normalized spacial score (nSPS) is 27.9. The molecule has 53 heavy (non-hydrogen) atoms. The van der Waals surface area contributed by atoms with Gasteiger partial charge in [0, 0.05) is 48.4 Å². The Labute approximate surface area is 310 Å². The molecular weight excluding hydrogens is 670 g/mol. The van der Waals surface area contributed by atoms with E-state index in [4.69, 9.17) is 9.47 Å². The van der Waals surface area contributed by atoms with E-state index in [1.807, 2.05) is 42.5 Å². The summed E-state index contributed by atoms with van der Waals surface area (Å²) in [7, 11) is 1.77. The first kappa shape index (κ1) is 36.6. The van der Waals surface area contributed by atoms with Crippen molar-refractivity contribution in [3.8, 4) is 23.3 Å². The number of aliphatic hydroxyl groups excluding tert-OH is 1. The van der Waals surface area contributed by atoms with Crippen molar-refractivity contribution in [2.75, 3.05) is 13.6 Å². The van der Waals surface area contributed by atoms with Gasteiger partial charge >= 0.3 is 11.9 Å². The maximum Gasteiger partial charge on any atom is 0.334 e. The number of phenolic OH excluding ortho intramolecular Hbond substituents is 1. The molecule has 9 nitrogen and oxygen atoms in total. The number of hydrogen-bond acceptors (Lipinski definition) is 9. The Kier molecular flexibility index (Phi) is 10.6. The molecule has 1 saturated carbocycles. The van der Waals surface area contributed by atoms with Crippen molar-refractivity contribution in [1.82, 2.24) is 5.32 Å². The highest BCUT2D eigenvalue weighted by molar-refractivity contribution is 5.89. The number of likely N-dealkylation sites (N-methyl/N-ethyl adjacent to an activating group) is 1. The summed E-state index contributed by atoms with van der Waals surface area (Å²) in [6, 6.07) is 18.9. The van der Waals surface area contributed by atoms with Crippen LogP contribution in [0, 0.1) is 23.7 Å². The van der Waals surface area contributed by atoms with E-state index in [9.17, 15) is 29.7 Å². The quantitative estimate of drug-likeness (QED) is 0.156. The number of allylic oxidation sites excluding steroid dienone is 1. The molecule has 3 aromatic carbocycles. The number of esters is 2. The largest absolute Gasteiger partial charge is 0.508 e. The molecule has 0 amide bonds. The van der Waals surface area contributed by atoms with Crippen molar-refractivity contribution in [2.45, 2.75) is 94.4 Å². The number of rotatable bonds is 4. The monoisotopic (exact) mass is 717 g/mol. The molecule has 1 fully saturated rings. The van der Waals surface area contributed by atoms with Crippen LogP contribution >= 0.6 is 0 Å². The van der Waals surface area contributed by atoms with Gasteiger partial charge in [0.05, 0.1) is 18.4 Å². The smallest absolute Gasteiger partial charge is 0.334 e. The van der Waals surface area contributed by atoms with Gasteiger partial charge in [0.2, 0.25) is 0 Å². The summed E-state index contributed by atoms with van der Waals surface area (Å²) in [5.41, 5.74) is 3.54. The number of fused-ring (bicyclic) bond motifs is 8. The second-order valence-electron chi connectivity index (χ2n) is 15.3. The Morgan fingerprint density at radius 2 is 1.74 bits per heavy atom. The lowest BCUT2D eigenvalue weighted by molar-refractivity contribution is -0.170. The van der Waals surface area contributed by atoms with Crippen LogP contribution in [-0.2, 0) is 38.4 Å². The molecule has 0 aromatic heterocycles. The number of nitrogens with one attached hydrogen (secondary N) is 1. The number of aliphatic hydroxyl groups is 2. The Morgan fingerprint density at radius 1 is 0.943 bits per heavy atom. The first-order chi connectivity index (χ1) is 25.5. The van der Waals surface area contributed by atoms with Crippen LogP contribution in [-0.4, -0.2) is 58.3 Å². The molecule has 4 N–H and O–H groups in total. The Bertz CT molecular complexity index is 2000. The molecule has 0 radical (unpaired) electrons. The van der Waals surface area contributed by atoms with Gasteiger partial charge < -0.3 is 30.1 Å². The Balaban J connectivity index is 1.38. The zero-order chi connectivity index (χ0) is 37.3. The number of benzene rings is 3. The zero-order valence-electron chi connectivity index (χ0n) is 30.3. The average Bonchev–Trinajstić information content (AvgIpc) is 3.13. The SMILES string of the molecule is CNCC(O)c1cccc(C2C#CC3CC(=O)Oc4cc(O)c(cc43)CC3OC(=O)C(=CCCc4cccc(c4)CC4CC(CCC4=O)C3(C)O)C2)c1. The van der Waals surface area contributed by atoms with E-state index >= 15 is 0 Å². The highest BCUT2D eigenvalue weighted by atomic mass is 16.6. The van der Waals surface area contributed by atoms with Crippen molar-refractivity contribution in [2.24, 2.45) is 11.8 Å². The van der Waals surface area contributed by atoms with E-state index in [1.54, 1.807) is 20.0 Å². The van der Waals surface area contributed by atoms with Gasteiger partial charge in [-0.3, -0.25) is 9.59 Å². The van der Waals surface area contributed by atoms with Gasteiger partial charge in [0.25, 0.3) is 0 Å². The van der Waals surface area contributed by atoms with Crippen LogP contribution in [0.5, 0.6) is 11.5 Å². The van der Waals surface area contributed by atoms with Crippen LogP contribution in [0.4, 0.5) is 0 Å². The fourth-order valence-electron chi connectivity index (χ4n) is 8.43. The second-order valence-corrected chi connectivity index (χ2v) is 15.3. The third-order valence-corrected chi connectivity index (χ3v) is 11.6. The molecule has 276 valence electrons. The summed E-state index contributed by atoms with van der Waals surface area (Å²) >= 11 is 0. The molecule has 3 heterocycles. The lowest BCUT2D eigenvalue weighted by Crippen LogP contribution is -2.52. The van der Waals surface area contributed by atoms with Crippen LogP contribution < -0.4 is 10.1 Å². The lowest BCUT2D eigenvalue weighted by Gasteiger charge is -2.42. The molecule has 3 aromatic rings. The summed E-state index contributed by atoms with van der Waals surface area (Å²) in [6.07, 6.45) is 3.17. The standard InChI is InChI=1S/C44H47NO8/c1-44(51)35-14-15-37(46)33(20-35)17-27-8-3-6-26(16-27)7-4-11-32-19-29(28-9-5-10-31(18-28)39(48)25-45-2)12-13-30-23-42(49)52-40-24-38(47)34(21-36(30)40)22-41(44)53-43(32)50/h3,5-6,8-11,16,18,21,24,29-30,33,35,39,41,45,47-48,51H,4,7,14-15,17,19-20,22-23,25H2,1-2H3. The van der Waals surface area contributed by atoms with Crippen LogP contribution in [0.1, 0.15) is 96.8 Å². The number of carbonyl (C=O) groups is 3. The van der Waals surface area contributed by atoms with Gasteiger partial charge in [-0.1, -0.05) is 66.4 Å². The molecule has 7 unspecified atom stereocenters. The molecule has 7 rings (SSSR count). The molecule has 8 bridgehead atoms. The van der Waals surface area contributed by atoms with Crippen LogP contribution in [0.15, 0.2) is 72.3 Å². The predicted octanol–water partition coefficient (Wildman–Crippen LogP) is 5.53. The minimum Gasteiger partial charge on any atom is -0.508 e. The van der Waals surface area contributed by atoms with E-state index < -0.39 is 41.6 Å². The van der Waals surface area contributed by atoms with Crippen molar-refractivity contribution in [3.05, 3.63) is 106 Å². The van der Waals surface area contributed by atoms with Gasteiger partial charge in [-0.2, -0.15) is 0 Å². The number of phenols is 1. The minimum atomic E-state index is -1.57. The topological polar surface area (TPSA) is 142 Å². The number of Topliss-reactive ketones (excluding diaryl/α,β-unsaturated/α-hetero) is 1. The number of ether oxygens (including phenoxy) is 2. The van der Waals surface area contributed by atoms with Crippen molar-refractivity contribution in [1.29, 1.82) is 0 Å².